The normalized spacial score (nSPS) is 15.2. The number of amides is 2. The Bertz CT molecular complexity index is 1280. The Morgan fingerprint density at radius 3 is 2.34 bits per heavy atom. The molecule has 0 bridgehead atoms. The number of aryl methyl sites for hydroxylation is 1. The summed E-state index contributed by atoms with van der Waals surface area (Å²) in [5.74, 6) is -1.12. The molecule has 0 radical (unpaired) electrons. The van der Waals surface area contributed by atoms with Crippen LogP contribution in [0.15, 0.2) is 42.5 Å². The van der Waals surface area contributed by atoms with Gasteiger partial charge in [0.2, 0.25) is 21.8 Å². The number of alkyl halides is 3. The number of carbonyl (C=O) groups is 2. The van der Waals surface area contributed by atoms with E-state index in [4.69, 9.17) is 11.6 Å². The highest BCUT2D eigenvalue weighted by Gasteiger charge is 2.36. The Balaban J connectivity index is 1.95. The maximum atomic E-state index is 13.6. The van der Waals surface area contributed by atoms with Gasteiger partial charge in [-0.15, -0.1) is 0 Å². The van der Waals surface area contributed by atoms with Crippen LogP contribution in [0.2, 0.25) is 5.02 Å². The highest BCUT2D eigenvalue weighted by Crippen LogP contribution is 2.37. The Morgan fingerprint density at radius 1 is 1.13 bits per heavy atom. The molecule has 0 spiro atoms. The monoisotopic (exact) mass is 573 g/mol. The summed E-state index contributed by atoms with van der Waals surface area (Å²) in [5, 5.41) is 2.36. The third-order valence-corrected chi connectivity index (χ3v) is 8.16. The Hall–Kier alpha value is -2.79. The third kappa shape index (κ3) is 7.41. The van der Waals surface area contributed by atoms with E-state index in [0.29, 0.717) is 10.4 Å². The summed E-state index contributed by atoms with van der Waals surface area (Å²) in [6, 6.07) is 8.92. The number of hydrogen-bond acceptors (Lipinski definition) is 4. The lowest BCUT2D eigenvalue weighted by Crippen LogP contribution is -2.52. The van der Waals surface area contributed by atoms with Gasteiger partial charge in [0.1, 0.15) is 12.6 Å². The van der Waals surface area contributed by atoms with Gasteiger partial charge in [0.05, 0.1) is 22.5 Å². The molecular formula is C26H31ClF3N3O4S. The van der Waals surface area contributed by atoms with E-state index in [1.807, 2.05) is 19.1 Å². The van der Waals surface area contributed by atoms with Crippen LogP contribution < -0.4 is 9.62 Å². The Kier molecular flexibility index (Phi) is 9.35. The minimum atomic E-state index is -4.83. The largest absolute Gasteiger partial charge is 0.417 e. The fraction of sp³-hybridized carbons (Fsp3) is 0.462. The lowest BCUT2D eigenvalue weighted by atomic mass is 10.1. The average molecular weight is 574 g/mol. The van der Waals surface area contributed by atoms with Crippen molar-refractivity contribution in [1.29, 1.82) is 0 Å². The van der Waals surface area contributed by atoms with Crippen LogP contribution in [0.3, 0.4) is 0 Å². The molecule has 0 saturated heterocycles. The molecule has 1 aliphatic carbocycles. The molecule has 1 fully saturated rings. The molecule has 38 heavy (non-hydrogen) atoms. The van der Waals surface area contributed by atoms with Gasteiger partial charge in [-0.2, -0.15) is 13.2 Å². The second kappa shape index (κ2) is 11.9. The van der Waals surface area contributed by atoms with Crippen LogP contribution in [-0.2, 0) is 32.3 Å². The molecule has 0 aromatic heterocycles. The van der Waals surface area contributed by atoms with Crippen molar-refractivity contribution in [1.82, 2.24) is 10.2 Å². The van der Waals surface area contributed by atoms with Crippen molar-refractivity contribution in [2.24, 2.45) is 0 Å². The zero-order valence-electron chi connectivity index (χ0n) is 21.4. The molecule has 3 rings (SSSR count). The van der Waals surface area contributed by atoms with Crippen molar-refractivity contribution in [3.63, 3.8) is 0 Å². The third-order valence-electron chi connectivity index (χ3n) is 6.69. The van der Waals surface area contributed by atoms with Crippen molar-refractivity contribution in [2.45, 2.75) is 64.3 Å². The number of nitrogens with zero attached hydrogens (tertiary/aromatic N) is 2. The molecule has 2 aromatic rings. The fourth-order valence-electron chi connectivity index (χ4n) is 4.44. The minimum Gasteiger partial charge on any atom is -0.352 e. The van der Waals surface area contributed by atoms with Crippen LogP contribution in [-0.4, -0.2) is 50.0 Å². The van der Waals surface area contributed by atoms with E-state index < -0.39 is 45.3 Å². The van der Waals surface area contributed by atoms with Crippen LogP contribution >= 0.6 is 11.6 Å². The molecule has 2 amide bonds. The summed E-state index contributed by atoms with van der Waals surface area (Å²) in [5.41, 5.74) is 0.0228. The van der Waals surface area contributed by atoms with Gasteiger partial charge in [-0.05, 0) is 56.0 Å². The van der Waals surface area contributed by atoms with E-state index in [-0.39, 0.29) is 24.2 Å². The highest BCUT2D eigenvalue weighted by atomic mass is 35.5. The molecule has 2 aromatic carbocycles. The van der Waals surface area contributed by atoms with Crippen molar-refractivity contribution in [3.05, 3.63) is 64.2 Å². The molecule has 7 nitrogen and oxygen atoms in total. The molecule has 0 aliphatic heterocycles. The summed E-state index contributed by atoms with van der Waals surface area (Å²) in [6.07, 6.45) is -0.368. The van der Waals surface area contributed by atoms with E-state index in [0.717, 1.165) is 55.2 Å². The predicted octanol–water partition coefficient (Wildman–Crippen LogP) is 4.91. The molecule has 1 aliphatic rings. The van der Waals surface area contributed by atoms with E-state index >= 15 is 0 Å². The summed E-state index contributed by atoms with van der Waals surface area (Å²) in [6.45, 7) is 2.60. The van der Waals surface area contributed by atoms with E-state index in [9.17, 15) is 31.2 Å². The lowest BCUT2D eigenvalue weighted by molar-refractivity contribution is -0.139. The quantitative estimate of drug-likeness (QED) is 0.462. The van der Waals surface area contributed by atoms with Crippen molar-refractivity contribution in [3.8, 4) is 0 Å². The van der Waals surface area contributed by atoms with E-state index in [1.54, 1.807) is 19.1 Å². The summed E-state index contributed by atoms with van der Waals surface area (Å²) < 4.78 is 66.2. The van der Waals surface area contributed by atoms with Crippen LogP contribution in [0.1, 0.15) is 49.3 Å². The molecule has 1 N–H and O–H groups in total. The number of anilines is 1. The number of nitrogens with one attached hydrogen (secondary N) is 1. The van der Waals surface area contributed by atoms with Crippen LogP contribution in [0.4, 0.5) is 18.9 Å². The number of halogens is 4. The van der Waals surface area contributed by atoms with Gasteiger partial charge in [0.15, 0.2) is 0 Å². The first-order valence-corrected chi connectivity index (χ1v) is 14.4. The van der Waals surface area contributed by atoms with Crippen molar-refractivity contribution in [2.75, 3.05) is 17.1 Å². The Labute approximate surface area is 226 Å². The van der Waals surface area contributed by atoms with Gasteiger partial charge in [-0.3, -0.25) is 13.9 Å². The molecule has 12 heteroatoms. The number of benzene rings is 2. The molecule has 0 heterocycles. The molecular weight excluding hydrogens is 543 g/mol. The van der Waals surface area contributed by atoms with Gasteiger partial charge in [0.25, 0.3) is 0 Å². The molecule has 1 atom stereocenters. The zero-order chi connectivity index (χ0) is 28.3. The van der Waals surface area contributed by atoms with Crippen LogP contribution in [0.25, 0.3) is 0 Å². The summed E-state index contributed by atoms with van der Waals surface area (Å²) in [4.78, 5) is 28.0. The van der Waals surface area contributed by atoms with Gasteiger partial charge in [-0.1, -0.05) is 48.7 Å². The minimum absolute atomic E-state index is 0.00254. The smallest absolute Gasteiger partial charge is 0.352 e. The van der Waals surface area contributed by atoms with Crippen LogP contribution in [0.5, 0.6) is 0 Å². The van der Waals surface area contributed by atoms with Gasteiger partial charge in [0, 0.05) is 12.6 Å². The highest BCUT2D eigenvalue weighted by molar-refractivity contribution is 7.92. The maximum absolute atomic E-state index is 13.6. The molecule has 208 valence electrons. The lowest BCUT2D eigenvalue weighted by Gasteiger charge is -2.32. The maximum Gasteiger partial charge on any atom is 0.417 e. The number of hydrogen-bond donors (Lipinski definition) is 1. The van der Waals surface area contributed by atoms with Gasteiger partial charge < -0.3 is 10.2 Å². The molecule has 1 saturated carbocycles. The topological polar surface area (TPSA) is 86.8 Å². The van der Waals surface area contributed by atoms with Gasteiger partial charge in [-0.25, -0.2) is 8.42 Å². The van der Waals surface area contributed by atoms with Gasteiger partial charge >= 0.3 is 6.18 Å². The molecule has 0 unspecified atom stereocenters. The number of rotatable bonds is 9. The summed E-state index contributed by atoms with van der Waals surface area (Å²) in [7, 11) is -4.19. The average Bonchev–Trinajstić information content (AvgIpc) is 3.33. The van der Waals surface area contributed by atoms with Crippen LogP contribution in [0, 0.1) is 6.92 Å². The van der Waals surface area contributed by atoms with Crippen molar-refractivity contribution < 1.29 is 31.2 Å². The number of sulfonamides is 1. The van der Waals surface area contributed by atoms with E-state index in [1.165, 1.54) is 4.90 Å². The second-order valence-corrected chi connectivity index (χ2v) is 11.9. The first kappa shape index (κ1) is 29.8. The second-order valence-electron chi connectivity index (χ2n) is 9.55. The fourth-order valence-corrected chi connectivity index (χ4v) is 5.51. The first-order valence-electron chi connectivity index (χ1n) is 12.2. The zero-order valence-corrected chi connectivity index (χ0v) is 23.0. The van der Waals surface area contributed by atoms with Crippen molar-refractivity contribution >= 4 is 39.1 Å². The predicted molar refractivity (Wildman–Crippen MR) is 140 cm³/mol. The SMILES string of the molecule is Cc1ccccc1CN(C(=O)CN(c1ccc(Cl)c(C(F)(F)F)c1)S(C)(=O)=O)[C@@H](C)C(=O)NC1CCCC1. The Morgan fingerprint density at radius 2 is 1.76 bits per heavy atom. The first-order chi connectivity index (χ1) is 17.7. The standard InChI is InChI=1S/C26H31ClF3N3O4S/c1-17-8-4-5-9-19(17)15-32(18(2)25(35)31-20-10-6-7-11-20)24(34)16-33(38(3,36)37)21-12-13-23(27)22(14-21)26(28,29)30/h4-5,8-9,12-14,18,20H,6-7,10-11,15-16H2,1-3H3,(H,31,35)/t18-/m0/s1. The van der Waals surface area contributed by atoms with E-state index in [2.05, 4.69) is 5.32 Å². The summed E-state index contributed by atoms with van der Waals surface area (Å²) >= 11 is 5.70. The number of carbonyl (C=O) groups excluding carboxylic acids is 2.